The highest BCUT2D eigenvalue weighted by Crippen LogP contribution is 2.15. The van der Waals surface area contributed by atoms with E-state index in [4.69, 9.17) is 0 Å². The summed E-state index contributed by atoms with van der Waals surface area (Å²) < 4.78 is 13.0. The highest BCUT2D eigenvalue weighted by atomic mass is 19.2. The fourth-order valence-corrected chi connectivity index (χ4v) is 1.51. The summed E-state index contributed by atoms with van der Waals surface area (Å²) in [4.78, 5) is 12.9. The fraction of sp³-hybridized carbons (Fsp3) is 0.667. The molecule has 1 rings (SSSR count). The van der Waals surface area contributed by atoms with Crippen molar-refractivity contribution >= 4 is 5.91 Å². The van der Waals surface area contributed by atoms with E-state index in [1.54, 1.807) is 11.8 Å². The molecule has 1 aliphatic rings. The second-order valence-corrected chi connectivity index (χ2v) is 3.48. The standard InChI is InChI=1S/C9H15FN2O/c1-4-9(13)11-5-8(3)12(10)6-7(11)2/h4,7-8H,1,5-6H2,2-3H3. The predicted molar refractivity (Wildman–Crippen MR) is 48.6 cm³/mol. The predicted octanol–water partition coefficient (Wildman–Crippen LogP) is 0.978. The van der Waals surface area contributed by atoms with Gasteiger partial charge in [-0.2, -0.15) is 0 Å². The van der Waals surface area contributed by atoms with Gasteiger partial charge in [-0.05, 0) is 19.9 Å². The van der Waals surface area contributed by atoms with Gasteiger partial charge in [0.2, 0.25) is 5.91 Å². The highest BCUT2D eigenvalue weighted by molar-refractivity contribution is 5.87. The van der Waals surface area contributed by atoms with Crippen LogP contribution in [0.2, 0.25) is 0 Å². The molecular formula is C9H15FN2O. The van der Waals surface area contributed by atoms with Crippen molar-refractivity contribution < 1.29 is 9.28 Å². The van der Waals surface area contributed by atoms with Gasteiger partial charge in [0.1, 0.15) is 0 Å². The zero-order valence-electron chi connectivity index (χ0n) is 8.03. The van der Waals surface area contributed by atoms with Crippen molar-refractivity contribution in [2.24, 2.45) is 0 Å². The summed E-state index contributed by atoms with van der Waals surface area (Å²) >= 11 is 0. The number of hydrogen-bond acceptors (Lipinski definition) is 2. The van der Waals surface area contributed by atoms with E-state index in [-0.39, 0.29) is 24.5 Å². The maximum atomic E-state index is 13.0. The first-order chi connectivity index (χ1) is 6.06. The molecule has 0 aromatic rings. The van der Waals surface area contributed by atoms with Crippen LogP contribution >= 0.6 is 0 Å². The average molecular weight is 186 g/mol. The Hall–Kier alpha value is -0.900. The summed E-state index contributed by atoms with van der Waals surface area (Å²) in [6, 6.07) is -0.299. The minimum Gasteiger partial charge on any atom is -0.333 e. The van der Waals surface area contributed by atoms with E-state index in [2.05, 4.69) is 6.58 Å². The summed E-state index contributed by atoms with van der Waals surface area (Å²) in [6.07, 6.45) is 1.27. The molecule has 0 spiro atoms. The summed E-state index contributed by atoms with van der Waals surface area (Å²) in [5.41, 5.74) is 0. The number of hydrogen-bond donors (Lipinski definition) is 0. The molecule has 0 bridgehead atoms. The SMILES string of the molecule is C=CC(=O)N1CC(C)N(F)CC1C. The molecule has 74 valence electrons. The molecule has 0 saturated carbocycles. The quantitative estimate of drug-likeness (QED) is 0.450. The number of nitrogens with zero attached hydrogens (tertiary/aromatic N) is 2. The molecule has 0 radical (unpaired) electrons. The normalized spacial score (nSPS) is 30.2. The van der Waals surface area contributed by atoms with Gasteiger partial charge in [0.05, 0.1) is 6.04 Å². The van der Waals surface area contributed by atoms with Gasteiger partial charge in [-0.1, -0.05) is 6.58 Å². The van der Waals surface area contributed by atoms with Crippen molar-refractivity contribution in [3.05, 3.63) is 12.7 Å². The maximum Gasteiger partial charge on any atom is 0.246 e. The molecule has 0 aromatic carbocycles. The number of carbonyl (C=O) groups excluding carboxylic acids is 1. The molecule has 0 aliphatic carbocycles. The Balaban J connectivity index is 2.66. The highest BCUT2D eigenvalue weighted by Gasteiger charge is 2.30. The summed E-state index contributed by atoms with van der Waals surface area (Å²) in [5, 5.41) is 0.775. The molecule has 1 fully saturated rings. The van der Waals surface area contributed by atoms with Crippen LogP contribution in [0.4, 0.5) is 4.48 Å². The van der Waals surface area contributed by atoms with Crippen molar-refractivity contribution in [2.75, 3.05) is 13.1 Å². The van der Waals surface area contributed by atoms with E-state index >= 15 is 0 Å². The summed E-state index contributed by atoms with van der Waals surface area (Å²) in [6.45, 7) is 7.72. The summed E-state index contributed by atoms with van der Waals surface area (Å²) in [5.74, 6) is -0.118. The van der Waals surface area contributed by atoms with E-state index in [0.717, 1.165) is 5.12 Å². The Bertz CT molecular complexity index is 220. The van der Waals surface area contributed by atoms with E-state index in [1.165, 1.54) is 6.08 Å². The zero-order valence-corrected chi connectivity index (χ0v) is 8.03. The van der Waals surface area contributed by atoms with Crippen molar-refractivity contribution in [1.82, 2.24) is 10.0 Å². The molecule has 1 amide bonds. The zero-order chi connectivity index (χ0) is 10.0. The fourth-order valence-electron chi connectivity index (χ4n) is 1.51. The Labute approximate surface area is 77.7 Å². The van der Waals surface area contributed by atoms with Gasteiger partial charge in [-0.25, -0.2) is 0 Å². The van der Waals surface area contributed by atoms with Crippen molar-refractivity contribution in [3.63, 3.8) is 0 Å². The number of amides is 1. The van der Waals surface area contributed by atoms with Gasteiger partial charge >= 0.3 is 0 Å². The van der Waals surface area contributed by atoms with Crippen LogP contribution in [-0.2, 0) is 4.79 Å². The molecule has 0 N–H and O–H groups in total. The van der Waals surface area contributed by atoms with Gasteiger partial charge in [0, 0.05) is 19.1 Å². The van der Waals surface area contributed by atoms with Gasteiger partial charge in [0.25, 0.3) is 0 Å². The van der Waals surface area contributed by atoms with Crippen LogP contribution in [0.15, 0.2) is 12.7 Å². The van der Waals surface area contributed by atoms with E-state index < -0.39 is 0 Å². The van der Waals surface area contributed by atoms with Crippen LogP contribution in [0.25, 0.3) is 0 Å². The van der Waals surface area contributed by atoms with Crippen LogP contribution in [0.1, 0.15) is 13.8 Å². The first-order valence-corrected chi connectivity index (χ1v) is 4.41. The lowest BCUT2D eigenvalue weighted by Crippen LogP contribution is -2.55. The lowest BCUT2D eigenvalue weighted by Gasteiger charge is -2.39. The third kappa shape index (κ3) is 2.06. The molecule has 2 atom stereocenters. The minimum absolute atomic E-state index is 0.0771. The van der Waals surface area contributed by atoms with Gasteiger partial charge < -0.3 is 4.90 Å². The minimum atomic E-state index is -0.222. The molecule has 13 heavy (non-hydrogen) atoms. The molecule has 3 nitrogen and oxygen atoms in total. The van der Waals surface area contributed by atoms with Crippen molar-refractivity contribution in [2.45, 2.75) is 25.9 Å². The monoisotopic (exact) mass is 186 g/mol. The third-order valence-corrected chi connectivity index (χ3v) is 2.37. The van der Waals surface area contributed by atoms with E-state index in [1.807, 2.05) is 6.92 Å². The van der Waals surface area contributed by atoms with Crippen molar-refractivity contribution in [3.8, 4) is 0 Å². The summed E-state index contributed by atoms with van der Waals surface area (Å²) in [7, 11) is 0. The van der Waals surface area contributed by atoms with Gasteiger partial charge in [-0.15, -0.1) is 9.60 Å². The topological polar surface area (TPSA) is 23.6 Å². The lowest BCUT2D eigenvalue weighted by atomic mass is 10.1. The molecule has 2 unspecified atom stereocenters. The van der Waals surface area contributed by atoms with Gasteiger partial charge in [-0.3, -0.25) is 4.79 Å². The Morgan fingerprint density at radius 3 is 2.62 bits per heavy atom. The molecule has 0 aromatic heterocycles. The van der Waals surface area contributed by atoms with Crippen LogP contribution in [0, 0.1) is 0 Å². The molecule has 1 aliphatic heterocycles. The number of rotatable bonds is 1. The Kier molecular flexibility index (Phi) is 3.03. The van der Waals surface area contributed by atoms with Crippen LogP contribution in [0.5, 0.6) is 0 Å². The molecule has 1 heterocycles. The van der Waals surface area contributed by atoms with Crippen LogP contribution in [0.3, 0.4) is 0 Å². The smallest absolute Gasteiger partial charge is 0.246 e. The van der Waals surface area contributed by atoms with E-state index in [9.17, 15) is 9.28 Å². The third-order valence-electron chi connectivity index (χ3n) is 2.37. The molecule has 1 saturated heterocycles. The largest absolute Gasteiger partial charge is 0.333 e. The van der Waals surface area contributed by atoms with Crippen LogP contribution in [-0.4, -0.2) is 41.1 Å². The Morgan fingerprint density at radius 2 is 2.08 bits per heavy atom. The van der Waals surface area contributed by atoms with E-state index in [0.29, 0.717) is 6.54 Å². The first kappa shape index (κ1) is 10.2. The second-order valence-electron chi connectivity index (χ2n) is 3.48. The first-order valence-electron chi connectivity index (χ1n) is 4.41. The van der Waals surface area contributed by atoms with Gasteiger partial charge in [0.15, 0.2) is 0 Å². The number of piperazine rings is 1. The molecule has 4 heteroatoms. The van der Waals surface area contributed by atoms with Crippen molar-refractivity contribution in [1.29, 1.82) is 0 Å². The Morgan fingerprint density at radius 1 is 1.46 bits per heavy atom. The number of carbonyl (C=O) groups is 1. The average Bonchev–Trinajstić information content (AvgIpc) is 2.10. The van der Waals surface area contributed by atoms with Crippen LogP contribution < -0.4 is 0 Å². The second kappa shape index (κ2) is 3.87. The number of halogens is 1. The lowest BCUT2D eigenvalue weighted by molar-refractivity contribution is -0.139. The molecular weight excluding hydrogens is 171 g/mol. The maximum absolute atomic E-state index is 13.0.